The molecule has 1 unspecified atom stereocenters. The number of hydrogen-bond acceptors (Lipinski definition) is 3. The van der Waals surface area contributed by atoms with Crippen LogP contribution in [0.15, 0.2) is 66.9 Å². The van der Waals surface area contributed by atoms with E-state index in [0.29, 0.717) is 6.54 Å². The van der Waals surface area contributed by atoms with E-state index in [2.05, 4.69) is 15.6 Å². The summed E-state index contributed by atoms with van der Waals surface area (Å²) in [6, 6.07) is 19.6. The van der Waals surface area contributed by atoms with Crippen LogP contribution >= 0.6 is 0 Å². The molecule has 2 N–H and O–H groups in total. The Balaban J connectivity index is 1.84. The van der Waals surface area contributed by atoms with Crippen LogP contribution in [0.4, 0.5) is 0 Å². The lowest BCUT2D eigenvalue weighted by Gasteiger charge is -2.20. The number of hydrogen-bond donors (Lipinski definition) is 2. The first-order chi connectivity index (χ1) is 12.1. The number of carbonyl (C=O) groups is 1. The van der Waals surface area contributed by atoms with E-state index in [1.54, 1.807) is 6.20 Å². The Hall–Kier alpha value is -2.72. The number of rotatable bonds is 6. The number of para-hydroxylation sites is 1. The van der Waals surface area contributed by atoms with Crippen molar-refractivity contribution in [1.29, 1.82) is 0 Å². The maximum absolute atomic E-state index is 12.6. The highest BCUT2D eigenvalue weighted by molar-refractivity contribution is 5.84. The zero-order chi connectivity index (χ0) is 17.6. The molecule has 4 nitrogen and oxygen atoms in total. The van der Waals surface area contributed by atoms with E-state index in [0.717, 1.165) is 22.0 Å². The molecule has 1 atom stereocenters. The fourth-order valence-electron chi connectivity index (χ4n) is 2.90. The molecule has 0 radical (unpaired) electrons. The van der Waals surface area contributed by atoms with E-state index in [9.17, 15) is 4.79 Å². The molecule has 0 aliphatic rings. The summed E-state index contributed by atoms with van der Waals surface area (Å²) in [6.07, 6.45) is 1.80. The van der Waals surface area contributed by atoms with Crippen molar-refractivity contribution in [1.82, 2.24) is 15.6 Å². The summed E-state index contributed by atoms with van der Waals surface area (Å²) in [5.41, 5.74) is 3.00. The second kappa shape index (κ2) is 7.90. The minimum absolute atomic E-state index is 0.0191. The van der Waals surface area contributed by atoms with Crippen molar-refractivity contribution < 1.29 is 4.79 Å². The molecule has 0 aliphatic heterocycles. The molecule has 1 amide bonds. The summed E-state index contributed by atoms with van der Waals surface area (Å²) in [6.45, 7) is 4.50. The lowest BCUT2D eigenvalue weighted by atomic mass is 10.0. The smallest absolute Gasteiger partial charge is 0.241 e. The molecule has 4 heteroatoms. The van der Waals surface area contributed by atoms with Gasteiger partial charge in [-0.2, -0.15) is 0 Å². The number of amides is 1. The van der Waals surface area contributed by atoms with Gasteiger partial charge in [-0.05, 0) is 31.0 Å². The fraction of sp³-hybridized carbons (Fsp3) is 0.238. The quantitative estimate of drug-likeness (QED) is 0.725. The number of carbonyl (C=O) groups excluding carboxylic acids is 1. The molecule has 25 heavy (non-hydrogen) atoms. The average Bonchev–Trinajstić information content (AvgIpc) is 2.62. The van der Waals surface area contributed by atoms with Crippen LogP contribution in [0.3, 0.4) is 0 Å². The van der Waals surface area contributed by atoms with Crippen molar-refractivity contribution in [2.24, 2.45) is 0 Å². The van der Waals surface area contributed by atoms with Gasteiger partial charge in [-0.3, -0.25) is 15.1 Å². The highest BCUT2D eigenvalue weighted by Crippen LogP contribution is 2.18. The third kappa shape index (κ3) is 4.22. The van der Waals surface area contributed by atoms with Crippen LogP contribution in [0.5, 0.6) is 0 Å². The zero-order valence-electron chi connectivity index (χ0n) is 14.6. The molecule has 3 aromatic rings. The summed E-state index contributed by atoms with van der Waals surface area (Å²) < 4.78 is 0. The molecule has 0 aliphatic carbocycles. The summed E-state index contributed by atoms with van der Waals surface area (Å²) in [5, 5.41) is 7.50. The Bertz CT molecular complexity index is 841. The standard InChI is InChI=1S/C21H23N3O/c1-15(2)24-21(25)20(17-8-4-3-5-9-17)23-14-18-11-6-10-16-12-7-13-22-19(16)18/h3-13,15,20,23H,14H2,1-2H3,(H,24,25). The Morgan fingerprint density at radius 2 is 1.76 bits per heavy atom. The normalized spacial score (nSPS) is 12.3. The second-order valence-electron chi connectivity index (χ2n) is 6.38. The molecular formula is C21H23N3O. The topological polar surface area (TPSA) is 54.0 Å². The van der Waals surface area contributed by atoms with Crippen molar-refractivity contribution in [3.05, 3.63) is 78.0 Å². The third-order valence-corrected chi connectivity index (χ3v) is 4.04. The molecular weight excluding hydrogens is 310 g/mol. The number of nitrogens with one attached hydrogen (secondary N) is 2. The average molecular weight is 333 g/mol. The Labute approximate surface area is 148 Å². The minimum atomic E-state index is -0.400. The van der Waals surface area contributed by atoms with Crippen LogP contribution < -0.4 is 10.6 Å². The van der Waals surface area contributed by atoms with Gasteiger partial charge in [0.2, 0.25) is 5.91 Å². The van der Waals surface area contributed by atoms with Crippen molar-refractivity contribution >= 4 is 16.8 Å². The van der Waals surface area contributed by atoms with Crippen molar-refractivity contribution in [3.8, 4) is 0 Å². The van der Waals surface area contributed by atoms with Gasteiger partial charge in [0, 0.05) is 24.2 Å². The van der Waals surface area contributed by atoms with Crippen LogP contribution in [0, 0.1) is 0 Å². The van der Waals surface area contributed by atoms with Crippen LogP contribution in [0.25, 0.3) is 10.9 Å². The Kier molecular flexibility index (Phi) is 5.41. The highest BCUT2D eigenvalue weighted by Gasteiger charge is 2.20. The zero-order valence-corrected chi connectivity index (χ0v) is 14.6. The number of benzene rings is 2. The number of nitrogens with zero attached hydrogens (tertiary/aromatic N) is 1. The summed E-state index contributed by atoms with van der Waals surface area (Å²) in [4.78, 5) is 17.1. The lowest BCUT2D eigenvalue weighted by Crippen LogP contribution is -2.40. The maximum atomic E-state index is 12.6. The van der Waals surface area contributed by atoms with Gasteiger partial charge in [-0.25, -0.2) is 0 Å². The monoisotopic (exact) mass is 333 g/mol. The Morgan fingerprint density at radius 1 is 1.00 bits per heavy atom. The lowest BCUT2D eigenvalue weighted by molar-refractivity contribution is -0.123. The van der Waals surface area contributed by atoms with E-state index in [1.807, 2.05) is 74.5 Å². The van der Waals surface area contributed by atoms with Gasteiger partial charge < -0.3 is 5.32 Å². The van der Waals surface area contributed by atoms with Crippen LogP contribution in [0.1, 0.15) is 31.0 Å². The molecule has 2 aromatic carbocycles. The second-order valence-corrected chi connectivity index (χ2v) is 6.38. The molecule has 0 fully saturated rings. The first-order valence-corrected chi connectivity index (χ1v) is 8.56. The summed E-state index contributed by atoms with van der Waals surface area (Å²) >= 11 is 0. The first kappa shape index (κ1) is 17.1. The fourth-order valence-corrected chi connectivity index (χ4v) is 2.90. The molecule has 128 valence electrons. The van der Waals surface area contributed by atoms with Gasteiger partial charge in [-0.15, -0.1) is 0 Å². The summed E-state index contributed by atoms with van der Waals surface area (Å²) in [7, 11) is 0. The van der Waals surface area contributed by atoms with Crippen molar-refractivity contribution in [3.63, 3.8) is 0 Å². The van der Waals surface area contributed by atoms with Crippen molar-refractivity contribution in [2.45, 2.75) is 32.5 Å². The van der Waals surface area contributed by atoms with Crippen LogP contribution in [0.2, 0.25) is 0 Å². The van der Waals surface area contributed by atoms with Gasteiger partial charge >= 0.3 is 0 Å². The van der Waals surface area contributed by atoms with Gasteiger partial charge in [0.1, 0.15) is 6.04 Å². The van der Waals surface area contributed by atoms with Crippen LogP contribution in [-0.2, 0) is 11.3 Å². The Morgan fingerprint density at radius 3 is 2.52 bits per heavy atom. The van der Waals surface area contributed by atoms with Gasteiger partial charge in [0.05, 0.1) is 5.52 Å². The van der Waals surface area contributed by atoms with E-state index in [1.165, 1.54) is 0 Å². The molecule has 1 aromatic heterocycles. The predicted octanol–water partition coefficient (Wildman–Crippen LogP) is 3.59. The minimum Gasteiger partial charge on any atom is -0.352 e. The van der Waals surface area contributed by atoms with Gasteiger partial charge in [0.15, 0.2) is 0 Å². The maximum Gasteiger partial charge on any atom is 0.241 e. The van der Waals surface area contributed by atoms with E-state index >= 15 is 0 Å². The molecule has 0 saturated heterocycles. The van der Waals surface area contributed by atoms with E-state index in [4.69, 9.17) is 0 Å². The highest BCUT2D eigenvalue weighted by atomic mass is 16.2. The third-order valence-electron chi connectivity index (χ3n) is 4.04. The largest absolute Gasteiger partial charge is 0.352 e. The number of pyridine rings is 1. The predicted molar refractivity (Wildman–Crippen MR) is 101 cm³/mol. The molecule has 0 saturated carbocycles. The summed E-state index contributed by atoms with van der Waals surface area (Å²) in [5.74, 6) is -0.0191. The molecule has 0 spiro atoms. The first-order valence-electron chi connectivity index (χ1n) is 8.56. The van der Waals surface area contributed by atoms with Crippen LogP contribution in [-0.4, -0.2) is 16.9 Å². The van der Waals surface area contributed by atoms with Gasteiger partial charge in [-0.1, -0.05) is 54.6 Å². The van der Waals surface area contributed by atoms with E-state index < -0.39 is 6.04 Å². The molecule has 0 bridgehead atoms. The number of aromatic nitrogens is 1. The van der Waals surface area contributed by atoms with E-state index in [-0.39, 0.29) is 11.9 Å². The molecule has 1 heterocycles. The SMILES string of the molecule is CC(C)NC(=O)C(NCc1cccc2cccnc12)c1ccccc1. The van der Waals surface area contributed by atoms with Crippen molar-refractivity contribution in [2.75, 3.05) is 0 Å². The van der Waals surface area contributed by atoms with Gasteiger partial charge in [0.25, 0.3) is 0 Å². The number of fused-ring (bicyclic) bond motifs is 1. The molecule has 3 rings (SSSR count).